The number of hydrogen-bond donors (Lipinski definition) is 3. The molecule has 0 heterocycles. The van der Waals surface area contributed by atoms with Crippen LogP contribution in [0.1, 0.15) is 29.0 Å². The van der Waals surface area contributed by atoms with Crippen LogP contribution < -0.4 is 9.47 Å². The van der Waals surface area contributed by atoms with E-state index in [1.807, 2.05) is 18.2 Å². The largest absolute Gasteiger partial charge is 0.489 e. The standard InChI is InChI=1S/C25H21FN2O4.CH4O/c26-21-7-3-19(4-8-21)24(28)16-32-22-9-1-17(2-10-22)15-31-23-11-5-18(6-12-23)20(14-27)13-25(29)30;1-2/h1-12,20,28H,13,15-16H2,(H,29,30);2H,1H3. The van der Waals surface area contributed by atoms with Gasteiger partial charge in [0.05, 0.1) is 24.1 Å². The minimum absolute atomic E-state index is 0.0688. The third-order valence-electron chi connectivity index (χ3n) is 4.72. The lowest BCUT2D eigenvalue weighted by Gasteiger charge is -2.11. The van der Waals surface area contributed by atoms with Crippen molar-refractivity contribution in [2.75, 3.05) is 13.7 Å². The lowest BCUT2D eigenvalue weighted by atomic mass is 9.97. The highest BCUT2D eigenvalue weighted by Gasteiger charge is 2.14. The van der Waals surface area contributed by atoms with Gasteiger partial charge >= 0.3 is 5.97 Å². The fraction of sp³-hybridized carbons (Fsp3) is 0.192. The Kier molecular flexibility index (Phi) is 10.2. The second kappa shape index (κ2) is 13.4. The van der Waals surface area contributed by atoms with Gasteiger partial charge in [0.25, 0.3) is 0 Å². The molecule has 0 bridgehead atoms. The van der Waals surface area contributed by atoms with Crippen LogP contribution in [0.2, 0.25) is 0 Å². The Morgan fingerprint density at radius 1 is 0.971 bits per heavy atom. The summed E-state index contributed by atoms with van der Waals surface area (Å²) in [4.78, 5) is 10.8. The van der Waals surface area contributed by atoms with Gasteiger partial charge in [-0.05, 0) is 53.1 Å². The second-order valence-corrected chi connectivity index (χ2v) is 7.06. The average molecular weight is 464 g/mol. The van der Waals surface area contributed by atoms with Gasteiger partial charge in [0.15, 0.2) is 0 Å². The molecular formula is C26H25FN2O5. The molecule has 1 atom stereocenters. The molecule has 0 aliphatic rings. The molecule has 34 heavy (non-hydrogen) atoms. The van der Waals surface area contributed by atoms with Crippen LogP contribution in [-0.2, 0) is 11.4 Å². The number of carboxylic acid groups (broad SMARTS) is 1. The van der Waals surface area contributed by atoms with Crippen molar-refractivity contribution in [3.63, 3.8) is 0 Å². The van der Waals surface area contributed by atoms with E-state index in [0.29, 0.717) is 29.2 Å². The first-order valence-electron chi connectivity index (χ1n) is 10.3. The molecule has 0 fully saturated rings. The minimum atomic E-state index is -1.02. The van der Waals surface area contributed by atoms with Crippen LogP contribution in [0.3, 0.4) is 0 Å². The highest BCUT2D eigenvalue weighted by atomic mass is 19.1. The lowest BCUT2D eigenvalue weighted by molar-refractivity contribution is -0.137. The molecule has 176 valence electrons. The van der Waals surface area contributed by atoms with Crippen molar-refractivity contribution in [2.24, 2.45) is 0 Å². The molecule has 0 radical (unpaired) electrons. The van der Waals surface area contributed by atoms with Crippen molar-refractivity contribution in [3.8, 4) is 17.6 Å². The molecular weight excluding hydrogens is 439 g/mol. The van der Waals surface area contributed by atoms with Crippen LogP contribution in [0.5, 0.6) is 11.5 Å². The number of carbonyl (C=O) groups is 1. The number of carboxylic acids is 1. The number of aliphatic hydroxyl groups is 1. The fourth-order valence-electron chi connectivity index (χ4n) is 2.95. The quantitative estimate of drug-likeness (QED) is 0.379. The monoisotopic (exact) mass is 464 g/mol. The molecule has 0 amide bonds. The number of benzene rings is 3. The summed E-state index contributed by atoms with van der Waals surface area (Å²) in [6, 6.07) is 21.8. The number of nitriles is 1. The van der Waals surface area contributed by atoms with E-state index in [2.05, 4.69) is 0 Å². The van der Waals surface area contributed by atoms with Crippen LogP contribution in [0.4, 0.5) is 4.39 Å². The number of rotatable bonds is 10. The van der Waals surface area contributed by atoms with Crippen LogP contribution in [0, 0.1) is 22.6 Å². The third kappa shape index (κ3) is 8.04. The van der Waals surface area contributed by atoms with Crippen LogP contribution in [-0.4, -0.2) is 35.6 Å². The van der Waals surface area contributed by atoms with Crippen LogP contribution >= 0.6 is 0 Å². The zero-order valence-corrected chi connectivity index (χ0v) is 18.6. The van der Waals surface area contributed by atoms with Gasteiger partial charge < -0.3 is 25.1 Å². The summed E-state index contributed by atoms with van der Waals surface area (Å²) >= 11 is 0. The second-order valence-electron chi connectivity index (χ2n) is 7.06. The van der Waals surface area contributed by atoms with Gasteiger partial charge in [-0.25, -0.2) is 4.39 Å². The molecule has 7 nitrogen and oxygen atoms in total. The summed E-state index contributed by atoms with van der Waals surface area (Å²) < 4.78 is 24.3. The third-order valence-corrected chi connectivity index (χ3v) is 4.72. The number of nitrogens with one attached hydrogen (secondary N) is 1. The van der Waals surface area contributed by atoms with Crippen molar-refractivity contribution < 1.29 is 28.9 Å². The first-order chi connectivity index (χ1) is 16.4. The zero-order valence-electron chi connectivity index (χ0n) is 18.6. The summed E-state index contributed by atoms with van der Waals surface area (Å²) in [5.74, 6) is -0.851. The fourth-order valence-corrected chi connectivity index (χ4v) is 2.95. The maximum Gasteiger partial charge on any atom is 0.305 e. The summed E-state index contributed by atoms with van der Waals surface area (Å²) in [7, 11) is 1.00. The number of aliphatic carboxylic acids is 1. The highest BCUT2D eigenvalue weighted by Crippen LogP contribution is 2.23. The Bertz CT molecular complexity index is 1110. The lowest BCUT2D eigenvalue weighted by Crippen LogP contribution is -2.11. The Hall–Kier alpha value is -4.22. The summed E-state index contributed by atoms with van der Waals surface area (Å²) in [6.45, 7) is 0.390. The molecule has 0 aliphatic carbocycles. The van der Waals surface area contributed by atoms with Gasteiger partial charge in [0.1, 0.15) is 30.5 Å². The molecule has 0 aromatic heterocycles. The molecule has 0 spiro atoms. The SMILES string of the molecule is CO.N#CC(CC(=O)O)c1ccc(OCc2ccc(OCC(=N)c3ccc(F)cc3)cc2)cc1. The van der Waals surface area contributed by atoms with E-state index in [1.165, 1.54) is 12.1 Å². The average Bonchev–Trinajstić information content (AvgIpc) is 2.87. The number of halogens is 1. The van der Waals surface area contributed by atoms with E-state index in [1.54, 1.807) is 48.5 Å². The van der Waals surface area contributed by atoms with Crippen molar-refractivity contribution in [3.05, 3.63) is 95.3 Å². The minimum Gasteiger partial charge on any atom is -0.489 e. The maximum atomic E-state index is 13.0. The molecule has 0 saturated heterocycles. The Morgan fingerprint density at radius 3 is 2.09 bits per heavy atom. The number of nitrogens with zero attached hydrogens (tertiary/aromatic N) is 1. The molecule has 1 unspecified atom stereocenters. The smallest absolute Gasteiger partial charge is 0.305 e. The molecule has 0 aliphatic heterocycles. The van der Waals surface area contributed by atoms with Gasteiger partial charge in [0.2, 0.25) is 0 Å². The van der Waals surface area contributed by atoms with Gasteiger partial charge in [-0.3, -0.25) is 4.79 Å². The van der Waals surface area contributed by atoms with E-state index < -0.39 is 11.9 Å². The summed E-state index contributed by atoms with van der Waals surface area (Å²) in [5, 5.41) is 33.0. The number of hydrogen-bond acceptors (Lipinski definition) is 6. The summed E-state index contributed by atoms with van der Waals surface area (Å²) in [5.41, 5.74) is 2.40. The molecule has 3 aromatic carbocycles. The number of aliphatic hydroxyl groups excluding tert-OH is 1. The first kappa shape index (κ1) is 26.0. The highest BCUT2D eigenvalue weighted by molar-refractivity contribution is 5.99. The van der Waals surface area contributed by atoms with Gasteiger partial charge in [-0.2, -0.15) is 5.26 Å². The van der Waals surface area contributed by atoms with Crippen molar-refractivity contribution in [1.29, 1.82) is 10.7 Å². The first-order valence-corrected chi connectivity index (χ1v) is 10.3. The molecule has 3 rings (SSSR count). The van der Waals surface area contributed by atoms with Crippen molar-refractivity contribution in [2.45, 2.75) is 18.9 Å². The Balaban J connectivity index is 0.00000199. The normalized spacial score (nSPS) is 10.8. The summed E-state index contributed by atoms with van der Waals surface area (Å²) in [6.07, 6.45) is -0.242. The van der Waals surface area contributed by atoms with E-state index >= 15 is 0 Å². The maximum absolute atomic E-state index is 13.0. The predicted octanol–water partition coefficient (Wildman–Crippen LogP) is 4.54. The van der Waals surface area contributed by atoms with Crippen molar-refractivity contribution in [1.82, 2.24) is 0 Å². The van der Waals surface area contributed by atoms with E-state index in [0.717, 1.165) is 12.7 Å². The van der Waals surface area contributed by atoms with E-state index in [9.17, 15) is 9.18 Å². The molecule has 8 heteroatoms. The Morgan fingerprint density at radius 2 is 1.53 bits per heavy atom. The molecule has 0 saturated carbocycles. The van der Waals surface area contributed by atoms with Crippen LogP contribution in [0.15, 0.2) is 72.8 Å². The van der Waals surface area contributed by atoms with Gasteiger partial charge in [0, 0.05) is 7.11 Å². The topological polar surface area (TPSA) is 124 Å². The number of ether oxygens (including phenoxy) is 2. The predicted molar refractivity (Wildman–Crippen MR) is 125 cm³/mol. The molecule has 3 N–H and O–H groups in total. The van der Waals surface area contributed by atoms with Crippen molar-refractivity contribution >= 4 is 11.7 Å². The van der Waals surface area contributed by atoms with E-state index in [4.69, 9.17) is 30.4 Å². The zero-order chi connectivity index (χ0) is 24.9. The van der Waals surface area contributed by atoms with Gasteiger partial charge in [-0.15, -0.1) is 0 Å². The van der Waals surface area contributed by atoms with Crippen LogP contribution in [0.25, 0.3) is 0 Å². The van der Waals surface area contributed by atoms with Gasteiger partial charge in [-0.1, -0.05) is 36.4 Å². The van der Waals surface area contributed by atoms with E-state index in [-0.39, 0.29) is 24.6 Å². The Labute approximate surface area is 197 Å². The molecule has 3 aromatic rings.